The van der Waals surface area contributed by atoms with Crippen LogP contribution in [0.1, 0.15) is 18.1 Å². The van der Waals surface area contributed by atoms with Gasteiger partial charge in [-0.25, -0.2) is 0 Å². The maximum absolute atomic E-state index is 12.1. The third-order valence-electron chi connectivity index (χ3n) is 4.25. The lowest BCUT2D eigenvalue weighted by Gasteiger charge is -2.09. The molecule has 3 aromatic rings. The molecule has 0 fully saturated rings. The fourth-order valence-corrected chi connectivity index (χ4v) is 2.57. The molecule has 6 nitrogen and oxygen atoms in total. The number of nitrogens with zero attached hydrogens (tertiary/aromatic N) is 2. The van der Waals surface area contributed by atoms with E-state index in [1.807, 2.05) is 69.3 Å². The van der Waals surface area contributed by atoms with E-state index in [1.54, 1.807) is 6.07 Å². The number of aryl methyl sites for hydroxylation is 2. The molecule has 28 heavy (non-hydrogen) atoms. The number of benzene rings is 2. The van der Waals surface area contributed by atoms with Crippen LogP contribution in [0.3, 0.4) is 0 Å². The normalized spacial score (nSPS) is 10.4. The van der Waals surface area contributed by atoms with E-state index in [0.717, 1.165) is 16.8 Å². The molecule has 0 aliphatic carbocycles. The van der Waals surface area contributed by atoms with Gasteiger partial charge in [-0.1, -0.05) is 18.2 Å². The zero-order valence-corrected chi connectivity index (χ0v) is 16.2. The van der Waals surface area contributed by atoms with E-state index in [9.17, 15) is 4.79 Å². The summed E-state index contributed by atoms with van der Waals surface area (Å²) in [6.45, 7) is 6.45. The van der Waals surface area contributed by atoms with Gasteiger partial charge in [-0.3, -0.25) is 4.79 Å². The van der Waals surface area contributed by atoms with Gasteiger partial charge >= 0.3 is 0 Å². The Kier molecular flexibility index (Phi) is 6.22. The highest BCUT2D eigenvalue weighted by Gasteiger charge is 2.06. The van der Waals surface area contributed by atoms with Gasteiger partial charge in [-0.15, -0.1) is 10.2 Å². The molecule has 1 heterocycles. The van der Waals surface area contributed by atoms with E-state index in [2.05, 4.69) is 15.5 Å². The number of anilines is 1. The molecule has 144 valence electrons. The number of amides is 1. The van der Waals surface area contributed by atoms with Crippen LogP contribution in [0, 0.1) is 13.8 Å². The van der Waals surface area contributed by atoms with Crippen molar-refractivity contribution in [2.24, 2.45) is 0 Å². The Labute approximate surface area is 164 Å². The summed E-state index contributed by atoms with van der Waals surface area (Å²) in [6, 6.07) is 16.8. The highest BCUT2D eigenvalue weighted by molar-refractivity contribution is 5.92. The van der Waals surface area contributed by atoms with Crippen LogP contribution in [0.15, 0.2) is 54.6 Å². The second-order valence-corrected chi connectivity index (χ2v) is 6.35. The number of aromatic nitrogens is 2. The lowest BCUT2D eigenvalue weighted by atomic mass is 10.1. The van der Waals surface area contributed by atoms with Gasteiger partial charge in [0.05, 0.1) is 12.3 Å². The fraction of sp³-hybridized carbons (Fsp3) is 0.227. The second kappa shape index (κ2) is 8.99. The SMILES string of the molecule is CCOc1ccc(-c2ccc(NC(=O)COc3ccc(C)c(C)c3)cc2)nn1. The van der Waals surface area contributed by atoms with Gasteiger partial charge in [0, 0.05) is 17.3 Å². The molecule has 0 saturated heterocycles. The molecule has 1 N–H and O–H groups in total. The zero-order chi connectivity index (χ0) is 19.9. The van der Waals surface area contributed by atoms with E-state index < -0.39 is 0 Å². The Hall–Kier alpha value is -3.41. The van der Waals surface area contributed by atoms with Gasteiger partial charge in [-0.2, -0.15) is 0 Å². The van der Waals surface area contributed by atoms with Crippen molar-refractivity contribution >= 4 is 11.6 Å². The fourth-order valence-electron chi connectivity index (χ4n) is 2.57. The van der Waals surface area contributed by atoms with Crippen LogP contribution in [0.5, 0.6) is 11.6 Å². The van der Waals surface area contributed by atoms with Crippen LogP contribution in [0.25, 0.3) is 11.3 Å². The number of carbonyl (C=O) groups is 1. The number of rotatable bonds is 7. The number of ether oxygens (including phenoxy) is 2. The molecule has 0 unspecified atom stereocenters. The highest BCUT2D eigenvalue weighted by atomic mass is 16.5. The molecule has 3 rings (SSSR count). The molecule has 0 bridgehead atoms. The summed E-state index contributed by atoms with van der Waals surface area (Å²) in [6.07, 6.45) is 0. The lowest BCUT2D eigenvalue weighted by Crippen LogP contribution is -2.20. The van der Waals surface area contributed by atoms with Gasteiger partial charge in [0.2, 0.25) is 5.88 Å². The zero-order valence-electron chi connectivity index (χ0n) is 16.2. The highest BCUT2D eigenvalue weighted by Crippen LogP contribution is 2.20. The summed E-state index contributed by atoms with van der Waals surface area (Å²) < 4.78 is 10.9. The van der Waals surface area contributed by atoms with Crippen molar-refractivity contribution < 1.29 is 14.3 Å². The predicted molar refractivity (Wildman–Crippen MR) is 109 cm³/mol. The maximum atomic E-state index is 12.1. The standard InChI is InChI=1S/C22H23N3O3/c1-4-27-22-12-11-20(24-25-22)17-6-8-18(9-7-17)23-21(26)14-28-19-10-5-15(2)16(3)13-19/h5-13H,4,14H2,1-3H3,(H,23,26). The first-order chi connectivity index (χ1) is 13.5. The van der Waals surface area contributed by atoms with Gasteiger partial charge < -0.3 is 14.8 Å². The largest absolute Gasteiger partial charge is 0.484 e. The molecular formula is C22H23N3O3. The number of carbonyl (C=O) groups excluding carboxylic acids is 1. The van der Waals surface area contributed by atoms with Gasteiger partial charge in [-0.05, 0) is 62.2 Å². The van der Waals surface area contributed by atoms with E-state index >= 15 is 0 Å². The van der Waals surface area contributed by atoms with Crippen molar-refractivity contribution in [1.82, 2.24) is 10.2 Å². The monoisotopic (exact) mass is 377 g/mol. The molecule has 0 spiro atoms. The Morgan fingerprint density at radius 1 is 0.929 bits per heavy atom. The van der Waals surface area contributed by atoms with Gasteiger partial charge in [0.1, 0.15) is 5.75 Å². The average molecular weight is 377 g/mol. The van der Waals surface area contributed by atoms with E-state index in [4.69, 9.17) is 9.47 Å². The van der Waals surface area contributed by atoms with Gasteiger partial charge in [0.15, 0.2) is 6.61 Å². The molecule has 0 aliphatic rings. The molecule has 2 aromatic carbocycles. The minimum atomic E-state index is -0.216. The summed E-state index contributed by atoms with van der Waals surface area (Å²) in [4.78, 5) is 12.1. The van der Waals surface area contributed by atoms with E-state index in [0.29, 0.717) is 23.9 Å². The Bertz CT molecular complexity index is 938. The summed E-state index contributed by atoms with van der Waals surface area (Å²) in [5.74, 6) is 0.966. The molecular weight excluding hydrogens is 354 g/mol. The van der Waals surface area contributed by atoms with Crippen molar-refractivity contribution in [1.29, 1.82) is 0 Å². The van der Waals surface area contributed by atoms with Crippen LogP contribution in [-0.2, 0) is 4.79 Å². The van der Waals surface area contributed by atoms with Crippen LogP contribution >= 0.6 is 0 Å². The van der Waals surface area contributed by atoms with Crippen molar-refractivity contribution in [3.63, 3.8) is 0 Å². The van der Waals surface area contributed by atoms with Crippen molar-refractivity contribution in [3.05, 3.63) is 65.7 Å². The first kappa shape index (κ1) is 19.4. The Morgan fingerprint density at radius 3 is 2.36 bits per heavy atom. The summed E-state index contributed by atoms with van der Waals surface area (Å²) in [7, 11) is 0. The van der Waals surface area contributed by atoms with Crippen LogP contribution in [0.2, 0.25) is 0 Å². The first-order valence-corrected chi connectivity index (χ1v) is 9.12. The third kappa shape index (κ3) is 5.07. The quantitative estimate of drug-likeness (QED) is 0.669. The van der Waals surface area contributed by atoms with Crippen molar-refractivity contribution in [3.8, 4) is 22.9 Å². The van der Waals surface area contributed by atoms with Crippen molar-refractivity contribution in [2.75, 3.05) is 18.5 Å². The summed E-state index contributed by atoms with van der Waals surface area (Å²) >= 11 is 0. The maximum Gasteiger partial charge on any atom is 0.262 e. The average Bonchev–Trinajstić information content (AvgIpc) is 2.70. The van der Waals surface area contributed by atoms with Gasteiger partial charge in [0.25, 0.3) is 5.91 Å². The van der Waals surface area contributed by atoms with Crippen molar-refractivity contribution in [2.45, 2.75) is 20.8 Å². The van der Waals surface area contributed by atoms with Crippen LogP contribution < -0.4 is 14.8 Å². The first-order valence-electron chi connectivity index (χ1n) is 9.12. The number of hydrogen-bond acceptors (Lipinski definition) is 5. The van der Waals surface area contributed by atoms with E-state index in [1.165, 1.54) is 5.56 Å². The Balaban J connectivity index is 1.55. The molecule has 0 atom stereocenters. The van der Waals surface area contributed by atoms with Crippen LogP contribution in [0.4, 0.5) is 5.69 Å². The molecule has 0 saturated carbocycles. The second-order valence-electron chi connectivity index (χ2n) is 6.35. The van der Waals surface area contributed by atoms with Crippen LogP contribution in [-0.4, -0.2) is 29.3 Å². The number of nitrogens with one attached hydrogen (secondary N) is 1. The number of hydrogen-bond donors (Lipinski definition) is 1. The third-order valence-corrected chi connectivity index (χ3v) is 4.25. The Morgan fingerprint density at radius 2 is 1.71 bits per heavy atom. The smallest absolute Gasteiger partial charge is 0.262 e. The predicted octanol–water partition coefficient (Wildman–Crippen LogP) is 4.18. The lowest BCUT2D eigenvalue weighted by molar-refractivity contribution is -0.118. The molecule has 6 heteroatoms. The summed E-state index contributed by atoms with van der Waals surface area (Å²) in [5, 5.41) is 11.0. The molecule has 1 aromatic heterocycles. The van der Waals surface area contributed by atoms with E-state index in [-0.39, 0.29) is 12.5 Å². The topological polar surface area (TPSA) is 73.3 Å². The molecule has 0 radical (unpaired) electrons. The molecule has 1 amide bonds. The molecule has 0 aliphatic heterocycles. The minimum Gasteiger partial charge on any atom is -0.484 e. The summed E-state index contributed by atoms with van der Waals surface area (Å²) in [5.41, 5.74) is 4.65. The minimum absolute atomic E-state index is 0.0470.